The van der Waals surface area contributed by atoms with Crippen molar-refractivity contribution in [2.75, 3.05) is 11.6 Å². The number of benzene rings is 1. The van der Waals surface area contributed by atoms with Gasteiger partial charge in [0.25, 0.3) is 5.69 Å². The Kier molecular flexibility index (Phi) is 4.86. The fraction of sp³-hybridized carbons (Fsp3) is 0.571. The van der Waals surface area contributed by atoms with E-state index in [4.69, 9.17) is 0 Å². The van der Waals surface area contributed by atoms with Crippen molar-refractivity contribution in [1.29, 1.82) is 0 Å². The standard InChI is InChI=1S/C14H19FN2O2S/c1-9-7-13(14(17(18)19)8-12(9)15)16-10-3-5-11(20-2)6-4-10/h7-8,10-11,16H,3-6H2,1-2H3. The molecule has 4 nitrogen and oxygen atoms in total. The third kappa shape index (κ3) is 3.42. The Morgan fingerprint density at radius 1 is 1.35 bits per heavy atom. The van der Waals surface area contributed by atoms with Gasteiger partial charge in [0.1, 0.15) is 11.5 Å². The number of aryl methyl sites for hydroxylation is 1. The van der Waals surface area contributed by atoms with Gasteiger partial charge in [0.15, 0.2) is 0 Å². The number of anilines is 1. The molecule has 6 heteroatoms. The van der Waals surface area contributed by atoms with Crippen molar-refractivity contribution >= 4 is 23.1 Å². The van der Waals surface area contributed by atoms with Gasteiger partial charge in [0, 0.05) is 11.3 Å². The van der Waals surface area contributed by atoms with Crippen molar-refractivity contribution in [3.8, 4) is 0 Å². The lowest BCUT2D eigenvalue weighted by Crippen LogP contribution is -2.27. The van der Waals surface area contributed by atoms with Crippen LogP contribution < -0.4 is 5.32 Å². The lowest BCUT2D eigenvalue weighted by atomic mass is 9.94. The molecule has 0 radical (unpaired) electrons. The van der Waals surface area contributed by atoms with E-state index in [1.807, 2.05) is 11.8 Å². The highest BCUT2D eigenvalue weighted by atomic mass is 32.2. The van der Waals surface area contributed by atoms with E-state index in [1.54, 1.807) is 6.92 Å². The summed E-state index contributed by atoms with van der Waals surface area (Å²) in [6.45, 7) is 1.62. The van der Waals surface area contributed by atoms with E-state index in [0.29, 0.717) is 16.5 Å². The highest BCUT2D eigenvalue weighted by Gasteiger charge is 2.24. The number of nitro benzene ring substituents is 1. The predicted molar refractivity (Wildman–Crippen MR) is 81.0 cm³/mol. The largest absolute Gasteiger partial charge is 0.377 e. The number of nitrogens with zero attached hydrogens (tertiary/aromatic N) is 1. The molecule has 1 aromatic carbocycles. The molecule has 0 atom stereocenters. The Morgan fingerprint density at radius 2 is 2.00 bits per heavy atom. The molecule has 1 aromatic rings. The molecular weight excluding hydrogens is 279 g/mol. The van der Waals surface area contributed by atoms with Crippen LogP contribution in [0, 0.1) is 22.9 Å². The summed E-state index contributed by atoms with van der Waals surface area (Å²) in [6, 6.07) is 2.78. The van der Waals surface area contributed by atoms with E-state index < -0.39 is 10.7 Å². The summed E-state index contributed by atoms with van der Waals surface area (Å²) >= 11 is 1.88. The zero-order chi connectivity index (χ0) is 14.7. The second-order valence-corrected chi connectivity index (χ2v) is 6.37. The zero-order valence-electron chi connectivity index (χ0n) is 11.7. The molecule has 1 N–H and O–H groups in total. The maximum Gasteiger partial charge on any atom is 0.295 e. The minimum Gasteiger partial charge on any atom is -0.377 e. The second kappa shape index (κ2) is 6.43. The Hall–Kier alpha value is -1.30. The first-order valence-corrected chi connectivity index (χ1v) is 8.04. The normalized spacial score (nSPS) is 22.6. The van der Waals surface area contributed by atoms with Crippen LogP contribution in [0.5, 0.6) is 0 Å². The maximum absolute atomic E-state index is 13.5. The molecule has 0 spiro atoms. The molecule has 0 aromatic heterocycles. The highest BCUT2D eigenvalue weighted by molar-refractivity contribution is 7.99. The summed E-state index contributed by atoms with van der Waals surface area (Å²) in [5, 5.41) is 14.9. The molecule has 1 aliphatic carbocycles. The lowest BCUT2D eigenvalue weighted by Gasteiger charge is -2.28. The van der Waals surface area contributed by atoms with Crippen molar-refractivity contribution in [1.82, 2.24) is 0 Å². The molecule has 110 valence electrons. The maximum atomic E-state index is 13.5. The van der Waals surface area contributed by atoms with Crippen LogP contribution >= 0.6 is 11.8 Å². The van der Waals surface area contributed by atoms with Crippen LogP contribution in [0.1, 0.15) is 31.2 Å². The Morgan fingerprint density at radius 3 is 2.55 bits per heavy atom. The smallest absolute Gasteiger partial charge is 0.295 e. The molecule has 0 unspecified atom stereocenters. The zero-order valence-corrected chi connectivity index (χ0v) is 12.5. The van der Waals surface area contributed by atoms with Crippen LogP contribution in [0.2, 0.25) is 0 Å². The Labute approximate surface area is 122 Å². The van der Waals surface area contributed by atoms with E-state index in [-0.39, 0.29) is 11.7 Å². The van der Waals surface area contributed by atoms with Crippen LogP contribution in [0.25, 0.3) is 0 Å². The van der Waals surface area contributed by atoms with E-state index in [9.17, 15) is 14.5 Å². The first-order chi connectivity index (χ1) is 9.51. The third-order valence-electron chi connectivity index (χ3n) is 3.84. The van der Waals surface area contributed by atoms with Crippen LogP contribution in [0.15, 0.2) is 12.1 Å². The molecule has 0 amide bonds. The molecule has 0 heterocycles. The highest BCUT2D eigenvalue weighted by Crippen LogP contribution is 2.32. The molecule has 0 bridgehead atoms. The van der Waals surface area contributed by atoms with Gasteiger partial charge in [0.2, 0.25) is 0 Å². The fourth-order valence-corrected chi connectivity index (χ4v) is 3.34. The van der Waals surface area contributed by atoms with E-state index in [1.165, 1.54) is 6.07 Å². The summed E-state index contributed by atoms with van der Waals surface area (Å²) in [4.78, 5) is 10.5. The van der Waals surface area contributed by atoms with Crippen LogP contribution in [-0.2, 0) is 0 Å². The number of rotatable bonds is 4. The quantitative estimate of drug-likeness (QED) is 0.671. The summed E-state index contributed by atoms with van der Waals surface area (Å²) in [5.41, 5.74) is 0.678. The van der Waals surface area contributed by atoms with Gasteiger partial charge >= 0.3 is 0 Å². The Balaban J connectivity index is 2.13. The summed E-state index contributed by atoms with van der Waals surface area (Å²) in [5.74, 6) is -0.534. The predicted octanol–water partition coefficient (Wildman–Crippen LogP) is 4.13. The number of hydrogen-bond acceptors (Lipinski definition) is 4. The minimum atomic E-state index is -0.534. The van der Waals surface area contributed by atoms with Crippen molar-refractivity contribution in [2.45, 2.75) is 43.9 Å². The van der Waals surface area contributed by atoms with E-state index >= 15 is 0 Å². The summed E-state index contributed by atoms with van der Waals surface area (Å²) in [6.07, 6.45) is 6.35. The van der Waals surface area contributed by atoms with Crippen LogP contribution in [-0.4, -0.2) is 22.5 Å². The van der Waals surface area contributed by atoms with E-state index in [2.05, 4.69) is 11.6 Å². The van der Waals surface area contributed by atoms with Crippen molar-refractivity contribution in [2.24, 2.45) is 0 Å². The Bertz CT molecular complexity index is 502. The summed E-state index contributed by atoms with van der Waals surface area (Å²) < 4.78 is 13.5. The number of halogens is 1. The lowest BCUT2D eigenvalue weighted by molar-refractivity contribution is -0.384. The number of nitro groups is 1. The molecule has 1 fully saturated rings. The van der Waals surface area contributed by atoms with Gasteiger partial charge in [-0.1, -0.05) is 0 Å². The molecule has 20 heavy (non-hydrogen) atoms. The number of hydrogen-bond donors (Lipinski definition) is 1. The fourth-order valence-electron chi connectivity index (χ4n) is 2.60. The second-order valence-electron chi connectivity index (χ2n) is 5.23. The third-order valence-corrected chi connectivity index (χ3v) is 4.98. The SMILES string of the molecule is CSC1CCC(Nc2cc(C)c(F)cc2[N+](=O)[O-])CC1. The molecular formula is C14H19FN2O2S. The van der Waals surface area contributed by atoms with Gasteiger partial charge in [-0.15, -0.1) is 0 Å². The summed E-state index contributed by atoms with van der Waals surface area (Å²) in [7, 11) is 0. The first kappa shape index (κ1) is 15.1. The van der Waals surface area contributed by atoms with Gasteiger partial charge < -0.3 is 5.32 Å². The molecule has 1 aliphatic rings. The van der Waals surface area contributed by atoms with Gasteiger partial charge in [-0.25, -0.2) is 4.39 Å². The van der Waals surface area contributed by atoms with Gasteiger partial charge in [-0.2, -0.15) is 11.8 Å². The topological polar surface area (TPSA) is 55.2 Å². The minimum absolute atomic E-state index is 0.180. The average Bonchev–Trinajstić information content (AvgIpc) is 2.43. The molecule has 2 rings (SSSR count). The molecule has 1 saturated carbocycles. The molecule has 0 saturated heterocycles. The average molecular weight is 298 g/mol. The van der Waals surface area contributed by atoms with Gasteiger partial charge in [0.05, 0.1) is 11.0 Å². The van der Waals surface area contributed by atoms with Gasteiger partial charge in [-0.3, -0.25) is 10.1 Å². The van der Waals surface area contributed by atoms with Gasteiger partial charge in [-0.05, 0) is 50.5 Å². The van der Waals surface area contributed by atoms with Crippen molar-refractivity contribution in [3.05, 3.63) is 33.6 Å². The number of thioether (sulfide) groups is 1. The monoisotopic (exact) mass is 298 g/mol. The van der Waals surface area contributed by atoms with E-state index in [0.717, 1.165) is 31.7 Å². The van der Waals surface area contributed by atoms with Crippen LogP contribution in [0.4, 0.5) is 15.8 Å². The van der Waals surface area contributed by atoms with Crippen LogP contribution in [0.3, 0.4) is 0 Å². The van der Waals surface area contributed by atoms with Crippen molar-refractivity contribution < 1.29 is 9.31 Å². The first-order valence-electron chi connectivity index (χ1n) is 6.75. The number of nitrogens with one attached hydrogen (secondary N) is 1. The van der Waals surface area contributed by atoms with Crippen molar-refractivity contribution in [3.63, 3.8) is 0 Å². The molecule has 0 aliphatic heterocycles.